The second-order valence-electron chi connectivity index (χ2n) is 6.14. The summed E-state index contributed by atoms with van der Waals surface area (Å²) in [5, 5.41) is 1.08. The Labute approximate surface area is 153 Å². The lowest BCUT2D eigenvalue weighted by molar-refractivity contribution is -0.125. The van der Waals surface area contributed by atoms with Crippen molar-refractivity contribution in [2.24, 2.45) is 0 Å². The molecule has 3 aromatic rings. The van der Waals surface area contributed by atoms with E-state index in [0.29, 0.717) is 13.2 Å². The molecule has 4 nitrogen and oxygen atoms in total. The van der Waals surface area contributed by atoms with Crippen LogP contribution in [0.15, 0.2) is 66.7 Å². The van der Waals surface area contributed by atoms with Crippen LogP contribution in [-0.4, -0.2) is 36.0 Å². The lowest BCUT2D eigenvalue weighted by atomic mass is 10.2. The number of aromatic nitrogens is 1. The fourth-order valence-corrected chi connectivity index (χ4v) is 2.58. The number of nitrogens with zero attached hydrogens (tertiary/aromatic N) is 2. The molecule has 3 rings (SSSR count). The maximum absolute atomic E-state index is 12.2. The van der Waals surface area contributed by atoms with Crippen molar-refractivity contribution in [3.8, 4) is 5.75 Å². The van der Waals surface area contributed by atoms with Gasteiger partial charge >= 0.3 is 0 Å². The third-order valence-electron chi connectivity index (χ3n) is 4.17. The fourth-order valence-electron chi connectivity index (χ4n) is 2.58. The number of benzene rings is 2. The molecule has 0 aliphatic carbocycles. The van der Waals surface area contributed by atoms with Gasteiger partial charge in [-0.25, -0.2) is 4.98 Å². The predicted octanol–water partition coefficient (Wildman–Crippen LogP) is 4.09. The minimum absolute atomic E-state index is 0.0756. The quantitative estimate of drug-likeness (QED) is 0.631. The summed E-state index contributed by atoms with van der Waals surface area (Å²) in [6.07, 6.45) is 3.29. The molecule has 0 aliphatic heterocycles. The molecule has 0 radical (unpaired) electrons. The third kappa shape index (κ3) is 4.48. The average molecular weight is 346 g/mol. The van der Waals surface area contributed by atoms with E-state index < -0.39 is 0 Å². The smallest absolute Gasteiger partial charge is 0.246 e. The number of carbonyl (C=O) groups is 1. The van der Waals surface area contributed by atoms with E-state index in [-0.39, 0.29) is 5.91 Å². The lowest BCUT2D eigenvalue weighted by Gasteiger charge is -2.16. The predicted molar refractivity (Wildman–Crippen MR) is 105 cm³/mol. The number of likely N-dealkylation sites (N-methyl/N-ethyl adjacent to an activating group) is 1. The molecule has 0 saturated heterocycles. The second kappa shape index (κ2) is 8.30. The van der Waals surface area contributed by atoms with Crippen molar-refractivity contribution in [2.75, 3.05) is 20.2 Å². The van der Waals surface area contributed by atoms with Crippen LogP contribution in [0.25, 0.3) is 17.0 Å². The summed E-state index contributed by atoms with van der Waals surface area (Å²) in [4.78, 5) is 18.4. The maximum Gasteiger partial charge on any atom is 0.246 e. The van der Waals surface area contributed by atoms with Crippen molar-refractivity contribution in [3.63, 3.8) is 0 Å². The molecular formula is C22H22N2O2. The molecule has 2 aromatic carbocycles. The summed E-state index contributed by atoms with van der Waals surface area (Å²) in [6, 6.07) is 19.7. The van der Waals surface area contributed by atoms with E-state index in [1.165, 1.54) is 0 Å². The second-order valence-corrected chi connectivity index (χ2v) is 6.14. The zero-order chi connectivity index (χ0) is 18.4. The van der Waals surface area contributed by atoms with E-state index in [1.54, 1.807) is 24.1 Å². The van der Waals surface area contributed by atoms with E-state index >= 15 is 0 Å². The molecule has 26 heavy (non-hydrogen) atoms. The molecule has 132 valence electrons. The van der Waals surface area contributed by atoms with Crippen molar-refractivity contribution in [3.05, 3.63) is 78.0 Å². The number of para-hydroxylation sites is 2. The van der Waals surface area contributed by atoms with E-state index in [4.69, 9.17) is 4.74 Å². The Morgan fingerprint density at radius 3 is 2.69 bits per heavy atom. The summed E-state index contributed by atoms with van der Waals surface area (Å²) in [5.74, 6) is 0.776. The third-order valence-corrected chi connectivity index (χ3v) is 4.17. The molecule has 0 bridgehead atoms. The molecule has 0 aliphatic rings. The Balaban J connectivity index is 1.54. The van der Waals surface area contributed by atoms with Gasteiger partial charge in [-0.1, -0.05) is 42.5 Å². The average Bonchev–Trinajstić information content (AvgIpc) is 2.67. The SMILES string of the molecule is Cc1ccccc1OCCN(C)C(=O)C=Cc1ccc2ccccc2n1. The van der Waals surface area contributed by atoms with Gasteiger partial charge in [-0.3, -0.25) is 4.79 Å². The van der Waals surface area contributed by atoms with Crippen LogP contribution >= 0.6 is 0 Å². The first kappa shape index (κ1) is 17.7. The van der Waals surface area contributed by atoms with Crippen LogP contribution in [-0.2, 0) is 4.79 Å². The van der Waals surface area contributed by atoms with E-state index in [1.807, 2.05) is 67.6 Å². The fraction of sp³-hybridized carbons (Fsp3) is 0.182. The summed E-state index contributed by atoms with van der Waals surface area (Å²) >= 11 is 0. The molecular weight excluding hydrogens is 324 g/mol. The van der Waals surface area contributed by atoms with Gasteiger partial charge in [0, 0.05) is 18.5 Å². The van der Waals surface area contributed by atoms with Gasteiger partial charge in [0.25, 0.3) is 0 Å². The van der Waals surface area contributed by atoms with Crippen molar-refractivity contribution in [1.82, 2.24) is 9.88 Å². The standard InChI is InChI=1S/C22H22N2O2/c1-17-7-3-6-10-21(17)26-16-15-24(2)22(25)14-13-19-12-11-18-8-4-5-9-20(18)23-19/h3-14H,15-16H2,1-2H3. The number of fused-ring (bicyclic) bond motifs is 1. The Bertz CT molecular complexity index is 934. The highest BCUT2D eigenvalue weighted by molar-refractivity contribution is 5.91. The lowest BCUT2D eigenvalue weighted by Crippen LogP contribution is -2.29. The monoisotopic (exact) mass is 346 g/mol. The van der Waals surface area contributed by atoms with Gasteiger partial charge in [0.05, 0.1) is 17.8 Å². The van der Waals surface area contributed by atoms with Crippen LogP contribution in [0.3, 0.4) is 0 Å². The van der Waals surface area contributed by atoms with Gasteiger partial charge in [0.2, 0.25) is 5.91 Å². The highest BCUT2D eigenvalue weighted by Crippen LogP contribution is 2.16. The zero-order valence-electron chi connectivity index (χ0n) is 15.1. The molecule has 1 heterocycles. The molecule has 4 heteroatoms. The van der Waals surface area contributed by atoms with Crippen LogP contribution < -0.4 is 4.74 Å². The highest BCUT2D eigenvalue weighted by Gasteiger charge is 2.06. The molecule has 1 aromatic heterocycles. The topological polar surface area (TPSA) is 42.4 Å². The van der Waals surface area contributed by atoms with E-state index in [2.05, 4.69) is 4.98 Å². The van der Waals surface area contributed by atoms with Crippen molar-refractivity contribution < 1.29 is 9.53 Å². The van der Waals surface area contributed by atoms with Crippen LogP contribution in [0.1, 0.15) is 11.3 Å². The maximum atomic E-state index is 12.2. The Morgan fingerprint density at radius 1 is 1.08 bits per heavy atom. The normalized spacial score (nSPS) is 11.0. The number of hydrogen-bond acceptors (Lipinski definition) is 3. The molecule has 0 atom stereocenters. The Kier molecular flexibility index (Phi) is 5.64. The summed E-state index contributed by atoms with van der Waals surface area (Å²) in [6.45, 7) is 2.97. The summed E-state index contributed by atoms with van der Waals surface area (Å²) < 4.78 is 5.74. The van der Waals surface area contributed by atoms with Gasteiger partial charge in [0.1, 0.15) is 12.4 Å². The van der Waals surface area contributed by atoms with Crippen molar-refractivity contribution in [1.29, 1.82) is 0 Å². The first-order valence-corrected chi connectivity index (χ1v) is 8.61. The van der Waals surface area contributed by atoms with Crippen LogP contribution in [0, 0.1) is 6.92 Å². The zero-order valence-corrected chi connectivity index (χ0v) is 15.1. The number of pyridine rings is 1. The molecule has 0 spiro atoms. The van der Waals surface area contributed by atoms with Crippen molar-refractivity contribution >= 4 is 22.9 Å². The number of amides is 1. The summed E-state index contributed by atoms with van der Waals surface area (Å²) in [7, 11) is 1.77. The molecule has 0 saturated carbocycles. The van der Waals surface area contributed by atoms with Gasteiger partial charge in [-0.05, 0) is 36.8 Å². The molecule has 0 N–H and O–H groups in total. The summed E-state index contributed by atoms with van der Waals surface area (Å²) in [5.41, 5.74) is 2.77. The number of rotatable bonds is 6. The Morgan fingerprint density at radius 2 is 1.85 bits per heavy atom. The van der Waals surface area contributed by atoms with Crippen molar-refractivity contribution in [2.45, 2.75) is 6.92 Å². The first-order valence-electron chi connectivity index (χ1n) is 8.61. The minimum atomic E-state index is -0.0756. The van der Waals surface area contributed by atoms with Crippen LogP contribution in [0.5, 0.6) is 5.75 Å². The molecule has 1 amide bonds. The minimum Gasteiger partial charge on any atom is -0.491 e. The van der Waals surface area contributed by atoms with Crippen LogP contribution in [0.4, 0.5) is 0 Å². The van der Waals surface area contributed by atoms with Gasteiger partial charge in [-0.2, -0.15) is 0 Å². The van der Waals surface area contributed by atoms with Gasteiger partial charge in [-0.15, -0.1) is 0 Å². The molecule has 0 unspecified atom stereocenters. The molecule has 0 fully saturated rings. The van der Waals surface area contributed by atoms with E-state index in [9.17, 15) is 4.79 Å². The number of ether oxygens (including phenoxy) is 1. The first-order chi connectivity index (χ1) is 12.6. The highest BCUT2D eigenvalue weighted by atomic mass is 16.5. The number of aryl methyl sites for hydroxylation is 1. The number of hydrogen-bond donors (Lipinski definition) is 0. The van der Waals surface area contributed by atoms with Crippen LogP contribution in [0.2, 0.25) is 0 Å². The Hall–Kier alpha value is -3.14. The van der Waals surface area contributed by atoms with Gasteiger partial charge in [0.15, 0.2) is 0 Å². The number of carbonyl (C=O) groups excluding carboxylic acids is 1. The van der Waals surface area contributed by atoms with Gasteiger partial charge < -0.3 is 9.64 Å². The van der Waals surface area contributed by atoms with E-state index in [0.717, 1.165) is 27.9 Å². The largest absolute Gasteiger partial charge is 0.491 e.